The van der Waals surface area contributed by atoms with Crippen LogP contribution in [0.15, 0.2) is 10.6 Å². The molecule has 0 unspecified atom stereocenters. The van der Waals surface area contributed by atoms with Gasteiger partial charge in [0, 0.05) is 44.2 Å². The fourth-order valence-electron chi connectivity index (χ4n) is 3.49. The van der Waals surface area contributed by atoms with Crippen molar-refractivity contribution in [3.05, 3.63) is 34.8 Å². The first kappa shape index (κ1) is 17.0. The van der Waals surface area contributed by atoms with Gasteiger partial charge in [-0.05, 0) is 19.8 Å². The molecule has 0 radical (unpaired) electrons. The smallest absolute Gasteiger partial charge is 0.289 e. The summed E-state index contributed by atoms with van der Waals surface area (Å²) in [5, 5.41) is 3.05. The van der Waals surface area contributed by atoms with E-state index in [0.29, 0.717) is 24.0 Å². The van der Waals surface area contributed by atoms with Crippen molar-refractivity contribution in [1.82, 2.24) is 20.3 Å². The molecule has 26 heavy (non-hydrogen) atoms. The molecule has 0 aromatic carbocycles. The third kappa shape index (κ3) is 3.41. The van der Waals surface area contributed by atoms with E-state index < -0.39 is 0 Å². The van der Waals surface area contributed by atoms with E-state index in [0.717, 1.165) is 56.2 Å². The van der Waals surface area contributed by atoms with Gasteiger partial charge in [0.25, 0.3) is 5.91 Å². The molecule has 0 atom stereocenters. The minimum atomic E-state index is -0.188. The largest absolute Gasteiger partial charge is 0.436 e. The van der Waals surface area contributed by atoms with E-state index in [9.17, 15) is 4.79 Å². The number of carbonyl (C=O) groups excluding carboxylic acids is 1. The Hall–Kier alpha value is -2.48. The molecule has 4 heterocycles. The zero-order chi connectivity index (χ0) is 18.1. The van der Waals surface area contributed by atoms with Crippen LogP contribution in [0.1, 0.15) is 46.2 Å². The molecule has 8 nitrogen and oxygen atoms in total. The SMILES string of the molecule is Cc1nc(C)c(C(=O)NC2CCN(c3ncc4c(n3)CCOC4)CC2)o1. The van der Waals surface area contributed by atoms with Crippen molar-refractivity contribution in [2.45, 2.75) is 45.8 Å². The van der Waals surface area contributed by atoms with Gasteiger partial charge in [-0.3, -0.25) is 4.79 Å². The predicted octanol–water partition coefficient (Wildman–Crippen LogP) is 1.55. The first-order valence-corrected chi connectivity index (χ1v) is 9.02. The molecule has 1 fully saturated rings. The quantitative estimate of drug-likeness (QED) is 0.891. The molecule has 2 aliphatic heterocycles. The van der Waals surface area contributed by atoms with Gasteiger partial charge in [0.2, 0.25) is 11.7 Å². The highest BCUT2D eigenvalue weighted by Gasteiger charge is 2.25. The van der Waals surface area contributed by atoms with Gasteiger partial charge < -0.3 is 19.4 Å². The molecular weight excluding hydrogens is 334 g/mol. The van der Waals surface area contributed by atoms with Crippen LogP contribution in [0.5, 0.6) is 0 Å². The number of hydrogen-bond donors (Lipinski definition) is 1. The zero-order valence-corrected chi connectivity index (χ0v) is 15.1. The summed E-state index contributed by atoms with van der Waals surface area (Å²) in [4.78, 5) is 27.9. The highest BCUT2D eigenvalue weighted by molar-refractivity contribution is 5.92. The first-order valence-electron chi connectivity index (χ1n) is 9.02. The Morgan fingerprint density at radius 3 is 2.81 bits per heavy atom. The summed E-state index contributed by atoms with van der Waals surface area (Å²) in [6.07, 6.45) is 4.41. The van der Waals surface area contributed by atoms with Crippen LogP contribution in [0.25, 0.3) is 0 Å². The van der Waals surface area contributed by atoms with Crippen molar-refractivity contribution in [3.8, 4) is 0 Å². The summed E-state index contributed by atoms with van der Waals surface area (Å²) in [6.45, 7) is 6.48. The number of fused-ring (bicyclic) bond motifs is 1. The summed E-state index contributed by atoms with van der Waals surface area (Å²) in [5.74, 6) is 1.41. The van der Waals surface area contributed by atoms with E-state index in [4.69, 9.17) is 14.1 Å². The lowest BCUT2D eigenvalue weighted by atomic mass is 10.0. The van der Waals surface area contributed by atoms with Gasteiger partial charge in [-0.15, -0.1) is 0 Å². The molecule has 0 bridgehead atoms. The van der Waals surface area contributed by atoms with Crippen LogP contribution in [-0.4, -0.2) is 46.6 Å². The van der Waals surface area contributed by atoms with Crippen LogP contribution < -0.4 is 10.2 Å². The summed E-state index contributed by atoms with van der Waals surface area (Å²) in [7, 11) is 0. The topological polar surface area (TPSA) is 93.4 Å². The lowest BCUT2D eigenvalue weighted by molar-refractivity contribution is 0.0900. The maximum atomic E-state index is 12.4. The number of nitrogens with zero attached hydrogens (tertiary/aromatic N) is 4. The second-order valence-corrected chi connectivity index (χ2v) is 6.83. The van der Waals surface area contributed by atoms with E-state index in [1.165, 1.54) is 0 Å². The fraction of sp³-hybridized carbons (Fsp3) is 0.556. The van der Waals surface area contributed by atoms with Crippen molar-refractivity contribution in [2.24, 2.45) is 0 Å². The molecule has 2 aliphatic rings. The molecule has 4 rings (SSSR count). The summed E-state index contributed by atoms with van der Waals surface area (Å²) < 4.78 is 10.8. The number of hydrogen-bond acceptors (Lipinski definition) is 7. The third-order valence-electron chi connectivity index (χ3n) is 4.91. The number of ether oxygens (including phenoxy) is 1. The van der Waals surface area contributed by atoms with E-state index in [-0.39, 0.29) is 11.9 Å². The van der Waals surface area contributed by atoms with Gasteiger partial charge >= 0.3 is 0 Å². The highest BCUT2D eigenvalue weighted by atomic mass is 16.5. The van der Waals surface area contributed by atoms with E-state index in [1.807, 2.05) is 6.20 Å². The molecule has 2 aromatic heterocycles. The minimum absolute atomic E-state index is 0.120. The second kappa shape index (κ2) is 7.03. The third-order valence-corrected chi connectivity index (χ3v) is 4.91. The average molecular weight is 357 g/mol. The summed E-state index contributed by atoms with van der Waals surface area (Å²) in [5.41, 5.74) is 2.80. The van der Waals surface area contributed by atoms with Gasteiger partial charge in [0.1, 0.15) is 0 Å². The number of aryl methyl sites for hydroxylation is 2. The average Bonchev–Trinajstić information content (AvgIpc) is 3.00. The van der Waals surface area contributed by atoms with Gasteiger partial charge in [-0.2, -0.15) is 0 Å². The number of aromatic nitrogens is 3. The number of nitrogens with one attached hydrogen (secondary N) is 1. The number of rotatable bonds is 3. The first-order chi connectivity index (χ1) is 12.6. The number of anilines is 1. The van der Waals surface area contributed by atoms with E-state index >= 15 is 0 Å². The lowest BCUT2D eigenvalue weighted by Gasteiger charge is -2.32. The minimum Gasteiger partial charge on any atom is -0.436 e. The van der Waals surface area contributed by atoms with Gasteiger partial charge in [-0.1, -0.05) is 0 Å². The fourth-order valence-corrected chi connectivity index (χ4v) is 3.49. The Balaban J connectivity index is 1.35. The Morgan fingerprint density at radius 2 is 2.08 bits per heavy atom. The van der Waals surface area contributed by atoms with Crippen LogP contribution in [0.3, 0.4) is 0 Å². The molecular formula is C18H23N5O3. The molecule has 1 amide bonds. The van der Waals surface area contributed by atoms with Gasteiger partial charge in [0.05, 0.1) is 24.6 Å². The molecule has 1 saturated heterocycles. The molecule has 1 N–H and O–H groups in total. The Kier molecular flexibility index (Phi) is 4.58. The molecule has 0 saturated carbocycles. The van der Waals surface area contributed by atoms with Gasteiger partial charge in [-0.25, -0.2) is 15.0 Å². The molecule has 0 spiro atoms. The van der Waals surface area contributed by atoms with Crippen molar-refractivity contribution in [1.29, 1.82) is 0 Å². The zero-order valence-electron chi connectivity index (χ0n) is 15.1. The lowest BCUT2D eigenvalue weighted by Crippen LogP contribution is -2.45. The van der Waals surface area contributed by atoms with E-state index in [1.54, 1.807) is 13.8 Å². The van der Waals surface area contributed by atoms with E-state index in [2.05, 4.69) is 20.2 Å². The standard InChI is InChI=1S/C18H23N5O3/c1-11-16(26-12(2)20-11)17(24)21-14-3-6-23(7-4-14)18-19-9-13-10-25-8-5-15(13)22-18/h9,14H,3-8,10H2,1-2H3,(H,21,24). The van der Waals surface area contributed by atoms with Gasteiger partial charge in [0.15, 0.2) is 5.89 Å². The van der Waals surface area contributed by atoms with Crippen molar-refractivity contribution < 1.29 is 13.9 Å². The van der Waals surface area contributed by atoms with Crippen molar-refractivity contribution in [3.63, 3.8) is 0 Å². The van der Waals surface area contributed by atoms with Crippen LogP contribution in [0, 0.1) is 13.8 Å². The summed E-state index contributed by atoms with van der Waals surface area (Å²) >= 11 is 0. The Labute approximate surface area is 152 Å². The highest BCUT2D eigenvalue weighted by Crippen LogP contribution is 2.20. The number of carbonyl (C=O) groups is 1. The van der Waals surface area contributed by atoms with Crippen molar-refractivity contribution >= 4 is 11.9 Å². The Morgan fingerprint density at radius 1 is 1.27 bits per heavy atom. The van der Waals surface area contributed by atoms with Crippen LogP contribution in [-0.2, 0) is 17.8 Å². The number of piperidine rings is 1. The predicted molar refractivity (Wildman–Crippen MR) is 94.1 cm³/mol. The number of amides is 1. The molecule has 138 valence electrons. The normalized spacial score (nSPS) is 17.8. The van der Waals surface area contributed by atoms with Crippen LogP contribution in [0.2, 0.25) is 0 Å². The Bertz CT molecular complexity index is 811. The van der Waals surface area contributed by atoms with Crippen LogP contribution in [0.4, 0.5) is 5.95 Å². The summed E-state index contributed by atoms with van der Waals surface area (Å²) in [6, 6.07) is 0.120. The monoisotopic (exact) mass is 357 g/mol. The van der Waals surface area contributed by atoms with Crippen molar-refractivity contribution in [2.75, 3.05) is 24.6 Å². The maximum absolute atomic E-state index is 12.4. The molecule has 2 aromatic rings. The van der Waals surface area contributed by atoms with Crippen LogP contribution >= 0.6 is 0 Å². The maximum Gasteiger partial charge on any atom is 0.289 e. The molecule has 0 aliphatic carbocycles. The number of oxazole rings is 1. The second-order valence-electron chi connectivity index (χ2n) is 6.83. The molecule has 8 heteroatoms.